The first-order valence-electron chi connectivity index (χ1n) is 11.0. The number of allylic oxidation sites excluding steroid dienone is 2. The molecular formula is C26H31FN2OS. The van der Waals surface area contributed by atoms with Gasteiger partial charge in [-0.3, -0.25) is 0 Å². The Bertz CT molecular complexity index is 1090. The van der Waals surface area contributed by atoms with Gasteiger partial charge in [-0.1, -0.05) is 31.9 Å². The number of aldehydes is 1. The van der Waals surface area contributed by atoms with E-state index >= 15 is 0 Å². The van der Waals surface area contributed by atoms with Crippen LogP contribution in [0.4, 0.5) is 10.1 Å². The van der Waals surface area contributed by atoms with Crippen LogP contribution in [0.2, 0.25) is 0 Å². The Morgan fingerprint density at radius 2 is 2.03 bits per heavy atom. The van der Waals surface area contributed by atoms with E-state index in [0.717, 1.165) is 59.1 Å². The third kappa shape index (κ3) is 3.61. The Balaban J connectivity index is 2.06. The fourth-order valence-electron chi connectivity index (χ4n) is 5.30. The van der Waals surface area contributed by atoms with Gasteiger partial charge < -0.3 is 9.10 Å². The van der Waals surface area contributed by atoms with Crippen LogP contribution in [0.3, 0.4) is 0 Å². The van der Waals surface area contributed by atoms with E-state index in [2.05, 4.69) is 56.2 Å². The van der Waals surface area contributed by atoms with Gasteiger partial charge in [-0.15, -0.1) is 0 Å². The number of hydrogen-bond donors (Lipinski definition) is 0. The Labute approximate surface area is 189 Å². The van der Waals surface area contributed by atoms with Crippen molar-refractivity contribution in [3.8, 4) is 11.1 Å². The number of anilines is 1. The molecule has 5 heteroatoms. The highest BCUT2D eigenvalue weighted by atomic mass is 32.2. The van der Waals surface area contributed by atoms with Gasteiger partial charge in [0.1, 0.15) is 6.29 Å². The molecular weight excluding hydrogens is 407 g/mol. The van der Waals surface area contributed by atoms with E-state index in [9.17, 15) is 9.18 Å². The van der Waals surface area contributed by atoms with Crippen LogP contribution in [-0.4, -0.2) is 17.5 Å². The molecule has 0 amide bonds. The fourth-order valence-corrected chi connectivity index (χ4v) is 6.14. The Morgan fingerprint density at radius 1 is 1.29 bits per heavy atom. The van der Waals surface area contributed by atoms with E-state index in [1.54, 1.807) is 24.2 Å². The molecule has 4 rings (SSSR count). The number of aromatic nitrogens is 1. The molecule has 0 fully saturated rings. The number of hydrogen-bond acceptors (Lipinski definition) is 4. The second kappa shape index (κ2) is 8.09. The van der Waals surface area contributed by atoms with Crippen LogP contribution in [-0.2, 0) is 11.2 Å². The summed E-state index contributed by atoms with van der Waals surface area (Å²) in [5, 5.41) is 0. The first-order chi connectivity index (χ1) is 14.7. The first-order valence-corrected chi connectivity index (χ1v) is 12.2. The third-order valence-electron chi connectivity index (χ3n) is 7.07. The number of pyridine rings is 1. The normalized spacial score (nSPS) is 19.5. The molecule has 0 saturated heterocycles. The maximum absolute atomic E-state index is 14.1. The first kappa shape index (κ1) is 22.1. The maximum Gasteiger partial charge on any atom is 0.213 e. The molecule has 2 aliphatic rings. The zero-order chi connectivity index (χ0) is 22.5. The smallest absolute Gasteiger partial charge is 0.213 e. The molecule has 0 bridgehead atoms. The predicted molar refractivity (Wildman–Crippen MR) is 129 cm³/mol. The van der Waals surface area contributed by atoms with E-state index in [1.165, 1.54) is 16.7 Å². The van der Waals surface area contributed by atoms with Gasteiger partial charge in [0.25, 0.3) is 0 Å². The Kier molecular flexibility index (Phi) is 5.76. The van der Waals surface area contributed by atoms with E-state index in [0.29, 0.717) is 11.8 Å². The monoisotopic (exact) mass is 438 g/mol. The molecule has 31 heavy (non-hydrogen) atoms. The number of fused-ring (bicyclic) bond motifs is 3. The second-order valence-electron chi connectivity index (χ2n) is 9.57. The highest BCUT2D eigenvalue weighted by Crippen LogP contribution is 2.53. The zero-order valence-corrected chi connectivity index (χ0v) is 20.1. The van der Waals surface area contributed by atoms with Crippen molar-refractivity contribution in [2.24, 2.45) is 5.41 Å². The molecule has 0 spiro atoms. The minimum absolute atomic E-state index is 0.0118. The lowest BCUT2D eigenvalue weighted by Crippen LogP contribution is -2.27. The van der Waals surface area contributed by atoms with Gasteiger partial charge in [0, 0.05) is 30.0 Å². The number of rotatable bonds is 4. The van der Waals surface area contributed by atoms with Crippen molar-refractivity contribution in [1.82, 2.24) is 4.98 Å². The summed E-state index contributed by atoms with van der Waals surface area (Å²) in [5.41, 5.74) is 10.5. The van der Waals surface area contributed by atoms with Crippen LogP contribution in [0.25, 0.3) is 16.7 Å². The van der Waals surface area contributed by atoms with Crippen molar-refractivity contribution in [2.45, 2.75) is 66.3 Å². The van der Waals surface area contributed by atoms with Gasteiger partial charge in [0.05, 0.1) is 11.7 Å². The zero-order valence-electron chi connectivity index (χ0n) is 19.3. The maximum atomic E-state index is 14.1. The SMILES string of the molecule is CSN1c2c(C)c(CC=O)c(C3=CCC(C)(C)CC3)c(C)c2-c2cnc(F)cc2C1C. The minimum Gasteiger partial charge on any atom is -0.308 e. The lowest BCUT2D eigenvalue weighted by molar-refractivity contribution is -0.107. The summed E-state index contributed by atoms with van der Waals surface area (Å²) < 4.78 is 16.3. The molecule has 1 aromatic carbocycles. The van der Waals surface area contributed by atoms with Crippen LogP contribution < -0.4 is 4.31 Å². The number of carbonyl (C=O) groups is 1. The average Bonchev–Trinajstić information content (AvgIpc) is 2.73. The summed E-state index contributed by atoms with van der Waals surface area (Å²) in [6.07, 6.45) is 10.7. The predicted octanol–water partition coefficient (Wildman–Crippen LogP) is 7.00. The van der Waals surface area contributed by atoms with Gasteiger partial charge in [-0.05, 0) is 84.9 Å². The van der Waals surface area contributed by atoms with Crippen molar-refractivity contribution in [1.29, 1.82) is 0 Å². The molecule has 0 N–H and O–H groups in total. The number of nitrogens with zero attached hydrogens (tertiary/aromatic N) is 2. The molecule has 164 valence electrons. The molecule has 1 aliphatic carbocycles. The summed E-state index contributed by atoms with van der Waals surface area (Å²) in [4.78, 5) is 15.7. The number of carbonyl (C=O) groups excluding carboxylic acids is 1. The van der Waals surface area contributed by atoms with Gasteiger partial charge in [-0.25, -0.2) is 4.98 Å². The van der Waals surface area contributed by atoms with Crippen LogP contribution in [0, 0.1) is 25.2 Å². The van der Waals surface area contributed by atoms with E-state index < -0.39 is 5.95 Å². The third-order valence-corrected chi connectivity index (χ3v) is 7.96. The van der Waals surface area contributed by atoms with Crippen LogP contribution in [0.5, 0.6) is 0 Å². The molecule has 2 aromatic rings. The lowest BCUT2D eigenvalue weighted by Gasteiger charge is -2.40. The van der Waals surface area contributed by atoms with E-state index in [4.69, 9.17) is 0 Å². The largest absolute Gasteiger partial charge is 0.308 e. The minimum atomic E-state index is -0.445. The van der Waals surface area contributed by atoms with Gasteiger partial charge >= 0.3 is 0 Å². The lowest BCUT2D eigenvalue weighted by atomic mass is 9.73. The Morgan fingerprint density at radius 3 is 2.65 bits per heavy atom. The highest BCUT2D eigenvalue weighted by Gasteiger charge is 2.35. The Hall–Kier alpha value is -2.14. The van der Waals surface area contributed by atoms with Crippen LogP contribution >= 0.6 is 11.9 Å². The van der Waals surface area contributed by atoms with Crippen LogP contribution in [0.15, 0.2) is 18.3 Å². The van der Waals surface area contributed by atoms with E-state index in [-0.39, 0.29) is 6.04 Å². The van der Waals surface area contributed by atoms with Crippen molar-refractivity contribution in [2.75, 3.05) is 10.6 Å². The summed E-state index contributed by atoms with van der Waals surface area (Å²) in [5.74, 6) is -0.445. The quantitative estimate of drug-likeness (QED) is 0.292. The molecule has 0 saturated carbocycles. The number of halogens is 1. The average molecular weight is 439 g/mol. The highest BCUT2D eigenvalue weighted by molar-refractivity contribution is 8.00. The molecule has 1 unspecified atom stereocenters. The van der Waals surface area contributed by atoms with Crippen molar-refractivity contribution < 1.29 is 9.18 Å². The summed E-state index contributed by atoms with van der Waals surface area (Å²) in [6.45, 7) is 11.0. The summed E-state index contributed by atoms with van der Waals surface area (Å²) >= 11 is 1.64. The molecule has 1 aliphatic heterocycles. The van der Waals surface area contributed by atoms with Gasteiger partial charge in [0.15, 0.2) is 0 Å². The standard InChI is InChI=1S/C26H31FN2OS/c1-15-19(9-12-30)23(18-7-10-26(4,5)11-8-18)16(2)24-21-14-28-22(27)13-20(21)17(3)29(31-6)25(15)24/h7,12-14,17H,8-11H2,1-6H3. The van der Waals surface area contributed by atoms with Gasteiger partial charge in [0.2, 0.25) is 5.95 Å². The fraction of sp³-hybridized carbons (Fsp3) is 0.462. The molecule has 1 atom stereocenters. The number of benzene rings is 1. The summed E-state index contributed by atoms with van der Waals surface area (Å²) in [6, 6.07) is 1.58. The van der Waals surface area contributed by atoms with E-state index in [1.807, 2.05) is 0 Å². The van der Waals surface area contributed by atoms with Crippen LogP contribution in [0.1, 0.15) is 73.9 Å². The topological polar surface area (TPSA) is 33.2 Å². The molecule has 3 nitrogen and oxygen atoms in total. The molecule has 2 heterocycles. The van der Waals surface area contributed by atoms with Crippen molar-refractivity contribution >= 4 is 29.5 Å². The molecule has 0 radical (unpaired) electrons. The van der Waals surface area contributed by atoms with Crippen molar-refractivity contribution in [3.63, 3.8) is 0 Å². The van der Waals surface area contributed by atoms with Crippen molar-refractivity contribution in [3.05, 3.63) is 52.1 Å². The van der Waals surface area contributed by atoms with Gasteiger partial charge in [-0.2, -0.15) is 4.39 Å². The molecule has 1 aromatic heterocycles. The second-order valence-corrected chi connectivity index (χ2v) is 10.3. The summed E-state index contributed by atoms with van der Waals surface area (Å²) in [7, 11) is 0.